The van der Waals surface area contributed by atoms with E-state index in [2.05, 4.69) is 36.0 Å². The SMILES string of the molecule is COc1ccccc1Cc1cnc(C2CCCN(C(=O)c3cc(C(C)(C)C)[nH]n3)C2)o1. The van der Waals surface area contributed by atoms with Crippen molar-refractivity contribution in [3.8, 4) is 5.75 Å². The second-order valence-electron chi connectivity index (χ2n) is 9.16. The number of ether oxygens (including phenoxy) is 1. The van der Waals surface area contributed by atoms with Crippen LogP contribution in [0.3, 0.4) is 0 Å². The number of rotatable bonds is 5. The highest BCUT2D eigenvalue weighted by atomic mass is 16.5. The number of nitrogens with zero attached hydrogens (tertiary/aromatic N) is 3. The van der Waals surface area contributed by atoms with E-state index in [1.54, 1.807) is 13.3 Å². The molecule has 1 amide bonds. The summed E-state index contributed by atoms with van der Waals surface area (Å²) >= 11 is 0. The Hall–Kier alpha value is -3.09. The first kappa shape index (κ1) is 21.2. The Labute approximate surface area is 182 Å². The second-order valence-corrected chi connectivity index (χ2v) is 9.16. The molecule has 2 aromatic heterocycles. The molecule has 1 N–H and O–H groups in total. The van der Waals surface area contributed by atoms with Crippen LogP contribution in [-0.4, -0.2) is 46.2 Å². The zero-order chi connectivity index (χ0) is 22.0. The van der Waals surface area contributed by atoms with E-state index < -0.39 is 0 Å². The zero-order valence-corrected chi connectivity index (χ0v) is 18.6. The van der Waals surface area contributed by atoms with Crippen LogP contribution in [0.5, 0.6) is 5.75 Å². The summed E-state index contributed by atoms with van der Waals surface area (Å²) in [6.45, 7) is 7.59. The van der Waals surface area contributed by atoms with E-state index >= 15 is 0 Å². The normalized spacial score (nSPS) is 17.0. The fraction of sp³-hybridized carbons (Fsp3) is 0.458. The van der Waals surface area contributed by atoms with Crippen molar-refractivity contribution in [1.82, 2.24) is 20.1 Å². The number of benzene rings is 1. The summed E-state index contributed by atoms with van der Waals surface area (Å²) in [7, 11) is 1.67. The zero-order valence-electron chi connectivity index (χ0n) is 18.6. The van der Waals surface area contributed by atoms with Crippen LogP contribution >= 0.6 is 0 Å². The third-order valence-corrected chi connectivity index (χ3v) is 5.79. The number of piperidine rings is 1. The summed E-state index contributed by atoms with van der Waals surface area (Å²) in [5.41, 5.74) is 2.40. The van der Waals surface area contributed by atoms with Crippen molar-refractivity contribution in [3.63, 3.8) is 0 Å². The highest BCUT2D eigenvalue weighted by Gasteiger charge is 2.30. The number of likely N-dealkylation sites (tertiary alicyclic amines) is 1. The van der Waals surface area contributed by atoms with Gasteiger partial charge in [0.2, 0.25) is 0 Å². The largest absolute Gasteiger partial charge is 0.496 e. The van der Waals surface area contributed by atoms with Gasteiger partial charge < -0.3 is 14.1 Å². The molecular formula is C24H30N4O3. The molecule has 1 fully saturated rings. The average molecular weight is 423 g/mol. The van der Waals surface area contributed by atoms with Gasteiger partial charge in [0.15, 0.2) is 5.89 Å². The second kappa shape index (κ2) is 8.57. The smallest absolute Gasteiger partial charge is 0.274 e. The van der Waals surface area contributed by atoms with Crippen LogP contribution in [0.4, 0.5) is 0 Å². The van der Waals surface area contributed by atoms with Crippen molar-refractivity contribution in [2.24, 2.45) is 0 Å². The molecule has 31 heavy (non-hydrogen) atoms. The standard InChI is InChI=1S/C24H30N4O3/c1-24(2,3)21-13-19(26-27-21)23(29)28-11-7-9-17(15-28)22-25-14-18(31-22)12-16-8-5-6-10-20(16)30-4/h5-6,8,10,13-14,17H,7,9,11-12,15H2,1-4H3,(H,26,27). The van der Waals surface area contributed by atoms with Gasteiger partial charge in [-0.3, -0.25) is 9.89 Å². The first-order chi connectivity index (χ1) is 14.8. The Bertz CT molecular complexity index is 1050. The van der Waals surface area contributed by atoms with Crippen LogP contribution in [0.15, 0.2) is 40.9 Å². The molecule has 1 aliphatic heterocycles. The van der Waals surface area contributed by atoms with Crippen molar-refractivity contribution < 1.29 is 13.9 Å². The Balaban J connectivity index is 1.44. The summed E-state index contributed by atoms with van der Waals surface area (Å²) in [4.78, 5) is 19.4. The number of hydrogen-bond acceptors (Lipinski definition) is 5. The monoisotopic (exact) mass is 422 g/mol. The number of carbonyl (C=O) groups excluding carboxylic acids is 1. The van der Waals surface area contributed by atoms with Crippen molar-refractivity contribution in [2.45, 2.75) is 51.4 Å². The minimum absolute atomic E-state index is 0.0442. The number of para-hydroxylation sites is 1. The number of aromatic nitrogens is 3. The number of carbonyl (C=O) groups is 1. The molecule has 3 heterocycles. The maximum absolute atomic E-state index is 13.0. The van der Waals surface area contributed by atoms with E-state index in [1.165, 1.54) is 0 Å². The van der Waals surface area contributed by atoms with Crippen molar-refractivity contribution in [1.29, 1.82) is 0 Å². The third kappa shape index (κ3) is 4.65. The Morgan fingerprint density at radius 1 is 1.32 bits per heavy atom. The van der Waals surface area contributed by atoms with Crippen LogP contribution in [0.2, 0.25) is 0 Å². The lowest BCUT2D eigenvalue weighted by Crippen LogP contribution is -2.39. The lowest BCUT2D eigenvalue weighted by molar-refractivity contribution is 0.0692. The van der Waals surface area contributed by atoms with Gasteiger partial charge in [0.05, 0.1) is 19.2 Å². The van der Waals surface area contributed by atoms with Gasteiger partial charge in [-0.05, 0) is 25.0 Å². The molecule has 1 aliphatic rings. The Morgan fingerprint density at radius 2 is 2.13 bits per heavy atom. The third-order valence-electron chi connectivity index (χ3n) is 5.79. The van der Waals surface area contributed by atoms with E-state index in [9.17, 15) is 4.79 Å². The lowest BCUT2D eigenvalue weighted by atomic mass is 9.92. The van der Waals surface area contributed by atoms with Crippen molar-refractivity contribution in [3.05, 3.63) is 65.1 Å². The predicted molar refractivity (Wildman–Crippen MR) is 117 cm³/mol. The fourth-order valence-electron chi connectivity index (χ4n) is 3.97. The Kier molecular flexibility index (Phi) is 5.85. The van der Waals surface area contributed by atoms with Crippen molar-refractivity contribution in [2.75, 3.05) is 20.2 Å². The molecule has 1 aromatic carbocycles. The summed E-state index contributed by atoms with van der Waals surface area (Å²) in [5, 5.41) is 7.26. The number of amides is 1. The predicted octanol–water partition coefficient (Wildman–Crippen LogP) is 4.31. The molecule has 164 valence electrons. The molecule has 0 aliphatic carbocycles. The molecule has 0 radical (unpaired) electrons. The number of oxazole rings is 1. The molecule has 1 saturated heterocycles. The molecule has 1 atom stereocenters. The van der Waals surface area contributed by atoms with Gasteiger partial charge in [0.1, 0.15) is 17.2 Å². The first-order valence-electron chi connectivity index (χ1n) is 10.8. The maximum Gasteiger partial charge on any atom is 0.274 e. The molecular weight excluding hydrogens is 392 g/mol. The Morgan fingerprint density at radius 3 is 2.87 bits per heavy atom. The van der Waals surface area contributed by atoms with E-state index in [0.717, 1.165) is 42.2 Å². The molecule has 7 heteroatoms. The minimum Gasteiger partial charge on any atom is -0.496 e. The molecule has 0 bridgehead atoms. The first-order valence-corrected chi connectivity index (χ1v) is 10.8. The van der Waals surface area contributed by atoms with Gasteiger partial charge >= 0.3 is 0 Å². The number of methoxy groups -OCH3 is 1. The summed E-state index contributed by atoms with van der Waals surface area (Å²) in [6.07, 6.45) is 4.27. The van der Waals surface area contributed by atoms with Crippen LogP contribution in [0.25, 0.3) is 0 Å². The van der Waals surface area contributed by atoms with Crippen LogP contribution < -0.4 is 4.74 Å². The van der Waals surface area contributed by atoms with Crippen LogP contribution in [0, 0.1) is 0 Å². The van der Waals surface area contributed by atoms with E-state index in [1.807, 2.05) is 35.2 Å². The summed E-state index contributed by atoms with van der Waals surface area (Å²) < 4.78 is 11.5. The quantitative estimate of drug-likeness (QED) is 0.662. The molecule has 0 spiro atoms. The highest BCUT2D eigenvalue weighted by molar-refractivity contribution is 5.92. The van der Waals surface area contributed by atoms with Crippen LogP contribution in [-0.2, 0) is 11.8 Å². The molecule has 0 saturated carbocycles. The van der Waals surface area contributed by atoms with Gasteiger partial charge in [-0.2, -0.15) is 5.10 Å². The lowest BCUT2D eigenvalue weighted by Gasteiger charge is -2.30. The van der Waals surface area contributed by atoms with Crippen LogP contribution in [0.1, 0.15) is 72.9 Å². The molecule has 3 aromatic rings. The number of hydrogen-bond donors (Lipinski definition) is 1. The van der Waals surface area contributed by atoms with Gasteiger partial charge in [-0.25, -0.2) is 4.98 Å². The van der Waals surface area contributed by atoms with Crippen molar-refractivity contribution >= 4 is 5.91 Å². The van der Waals surface area contributed by atoms with E-state index in [4.69, 9.17) is 9.15 Å². The number of nitrogens with one attached hydrogen (secondary N) is 1. The van der Waals surface area contributed by atoms with Gasteiger partial charge in [0, 0.05) is 36.2 Å². The average Bonchev–Trinajstić information content (AvgIpc) is 3.44. The molecule has 7 nitrogen and oxygen atoms in total. The maximum atomic E-state index is 13.0. The number of aromatic amines is 1. The molecule has 4 rings (SSSR count). The fourth-order valence-corrected chi connectivity index (χ4v) is 3.97. The number of H-pyrrole nitrogens is 1. The van der Waals surface area contributed by atoms with Gasteiger partial charge in [-0.15, -0.1) is 0 Å². The summed E-state index contributed by atoms with van der Waals surface area (Å²) in [5.74, 6) is 2.37. The van der Waals surface area contributed by atoms with E-state index in [0.29, 0.717) is 24.6 Å². The van der Waals surface area contributed by atoms with Gasteiger partial charge in [-0.1, -0.05) is 39.0 Å². The van der Waals surface area contributed by atoms with E-state index in [-0.39, 0.29) is 17.2 Å². The highest BCUT2D eigenvalue weighted by Crippen LogP contribution is 2.29. The topological polar surface area (TPSA) is 84.2 Å². The molecule has 1 unspecified atom stereocenters. The summed E-state index contributed by atoms with van der Waals surface area (Å²) in [6, 6.07) is 9.77. The van der Waals surface area contributed by atoms with Gasteiger partial charge in [0.25, 0.3) is 5.91 Å². The minimum atomic E-state index is -0.0775.